The molecular weight excluding hydrogens is 268 g/mol. The summed E-state index contributed by atoms with van der Waals surface area (Å²) in [5.74, 6) is -0.346. The largest absolute Gasteiger partial charge is 0.392 e. The summed E-state index contributed by atoms with van der Waals surface area (Å²) < 4.78 is 0. The van der Waals surface area contributed by atoms with Gasteiger partial charge in [-0.05, 0) is 6.07 Å². The van der Waals surface area contributed by atoms with Crippen LogP contribution in [0.25, 0.3) is 0 Å². The Morgan fingerprint density at radius 3 is 2.57 bits per heavy atom. The molecule has 0 atom stereocenters. The summed E-state index contributed by atoms with van der Waals surface area (Å²) in [5.41, 5.74) is 1.66. The maximum Gasteiger partial charge on any atom is 0.224 e. The van der Waals surface area contributed by atoms with Gasteiger partial charge in [-0.15, -0.1) is 0 Å². The number of ketones is 1. The molecule has 1 amide bonds. The first-order chi connectivity index (χ1) is 10.2. The van der Waals surface area contributed by atoms with Gasteiger partial charge in [0.2, 0.25) is 5.91 Å². The average molecular weight is 284 g/mol. The number of anilines is 1. The van der Waals surface area contributed by atoms with Crippen molar-refractivity contribution in [3.63, 3.8) is 0 Å². The monoisotopic (exact) mass is 284 g/mol. The second-order valence-electron chi connectivity index (χ2n) is 4.53. The zero-order valence-corrected chi connectivity index (χ0v) is 11.5. The number of nitrogens with zero attached hydrogens (tertiary/aromatic N) is 1. The lowest BCUT2D eigenvalue weighted by Crippen LogP contribution is -2.15. The van der Waals surface area contributed by atoms with E-state index in [0.717, 1.165) is 0 Å². The molecular formula is C16H16N2O3. The number of pyridine rings is 1. The van der Waals surface area contributed by atoms with Crippen molar-refractivity contribution in [1.29, 1.82) is 0 Å². The fourth-order valence-corrected chi connectivity index (χ4v) is 1.88. The van der Waals surface area contributed by atoms with Crippen LogP contribution in [0.5, 0.6) is 0 Å². The number of benzene rings is 1. The van der Waals surface area contributed by atoms with Gasteiger partial charge in [0.15, 0.2) is 5.78 Å². The molecule has 0 unspecified atom stereocenters. The molecule has 1 aromatic carbocycles. The molecule has 0 spiro atoms. The van der Waals surface area contributed by atoms with Gasteiger partial charge >= 0.3 is 0 Å². The standard InChI is InChI=1S/C16H16N2O3/c19-11-13-8-9-17-10-14(13)18-16(21)7-6-15(20)12-4-2-1-3-5-12/h1-5,8-10,19H,6-7,11H2,(H,18,21). The number of nitrogens with one attached hydrogen (secondary N) is 1. The van der Waals surface area contributed by atoms with Crippen LogP contribution in [0.3, 0.4) is 0 Å². The van der Waals surface area contributed by atoms with Crippen LogP contribution in [0.15, 0.2) is 48.8 Å². The van der Waals surface area contributed by atoms with Crippen LogP contribution in [0.2, 0.25) is 0 Å². The van der Waals surface area contributed by atoms with E-state index in [1.807, 2.05) is 6.07 Å². The summed E-state index contributed by atoms with van der Waals surface area (Å²) in [6.45, 7) is -0.179. The molecule has 2 aromatic rings. The molecule has 0 aliphatic carbocycles. The number of hydrogen-bond donors (Lipinski definition) is 2. The minimum absolute atomic E-state index is 0.0701. The van der Waals surface area contributed by atoms with Gasteiger partial charge in [-0.3, -0.25) is 14.6 Å². The molecule has 108 valence electrons. The van der Waals surface area contributed by atoms with Crippen molar-refractivity contribution in [2.24, 2.45) is 0 Å². The molecule has 2 N–H and O–H groups in total. The van der Waals surface area contributed by atoms with Crippen molar-refractivity contribution < 1.29 is 14.7 Å². The molecule has 0 aliphatic rings. The minimum atomic E-state index is -0.276. The van der Waals surface area contributed by atoms with Crippen LogP contribution in [-0.4, -0.2) is 21.8 Å². The number of carbonyl (C=O) groups excluding carboxylic acids is 2. The van der Waals surface area contributed by atoms with Gasteiger partial charge in [0.25, 0.3) is 0 Å². The summed E-state index contributed by atoms with van der Waals surface area (Å²) in [6, 6.07) is 10.5. The Bertz CT molecular complexity index is 626. The lowest BCUT2D eigenvalue weighted by Gasteiger charge is -2.08. The summed E-state index contributed by atoms with van der Waals surface area (Å²) in [5, 5.41) is 11.8. The second kappa shape index (κ2) is 7.31. The van der Waals surface area contributed by atoms with Crippen molar-refractivity contribution in [1.82, 2.24) is 4.98 Å². The van der Waals surface area contributed by atoms with E-state index in [9.17, 15) is 9.59 Å². The third-order valence-electron chi connectivity index (χ3n) is 3.03. The average Bonchev–Trinajstić information content (AvgIpc) is 2.54. The van der Waals surface area contributed by atoms with Crippen molar-refractivity contribution >= 4 is 17.4 Å². The van der Waals surface area contributed by atoms with Crippen molar-refractivity contribution in [3.05, 3.63) is 59.9 Å². The first kappa shape index (κ1) is 14.9. The lowest BCUT2D eigenvalue weighted by atomic mass is 10.1. The van der Waals surface area contributed by atoms with Crippen LogP contribution >= 0.6 is 0 Å². The molecule has 0 saturated heterocycles. The Balaban J connectivity index is 1.89. The molecule has 1 heterocycles. The minimum Gasteiger partial charge on any atom is -0.392 e. The highest BCUT2D eigenvalue weighted by Gasteiger charge is 2.10. The zero-order valence-electron chi connectivity index (χ0n) is 11.5. The van der Waals surface area contributed by atoms with E-state index in [4.69, 9.17) is 5.11 Å². The quantitative estimate of drug-likeness (QED) is 0.797. The van der Waals surface area contributed by atoms with Gasteiger partial charge in [0.1, 0.15) is 0 Å². The highest BCUT2D eigenvalue weighted by Crippen LogP contribution is 2.14. The van der Waals surface area contributed by atoms with Gasteiger partial charge in [-0.2, -0.15) is 0 Å². The number of amides is 1. The number of aliphatic hydroxyl groups excluding tert-OH is 1. The normalized spacial score (nSPS) is 10.1. The van der Waals surface area contributed by atoms with Gasteiger partial charge in [-0.1, -0.05) is 30.3 Å². The number of Topliss-reactive ketones (excluding diaryl/α,β-unsaturated/α-hetero) is 1. The fraction of sp³-hybridized carbons (Fsp3) is 0.188. The van der Waals surface area contributed by atoms with Gasteiger partial charge in [-0.25, -0.2) is 0 Å². The molecule has 0 bridgehead atoms. The number of rotatable bonds is 6. The van der Waals surface area contributed by atoms with E-state index in [1.54, 1.807) is 36.5 Å². The van der Waals surface area contributed by atoms with Gasteiger partial charge in [0.05, 0.1) is 18.5 Å². The molecule has 0 fully saturated rings. The second-order valence-corrected chi connectivity index (χ2v) is 4.53. The fourth-order valence-electron chi connectivity index (χ4n) is 1.88. The Hall–Kier alpha value is -2.53. The Morgan fingerprint density at radius 1 is 1.10 bits per heavy atom. The lowest BCUT2D eigenvalue weighted by molar-refractivity contribution is -0.116. The van der Waals surface area contributed by atoms with Crippen LogP contribution < -0.4 is 5.32 Å². The molecule has 2 rings (SSSR count). The molecule has 0 aliphatic heterocycles. The Kier molecular flexibility index (Phi) is 5.17. The zero-order chi connectivity index (χ0) is 15.1. The number of aromatic nitrogens is 1. The molecule has 1 aromatic heterocycles. The SMILES string of the molecule is O=C(CCC(=O)c1ccccc1)Nc1cnccc1CO. The number of hydrogen-bond acceptors (Lipinski definition) is 4. The Labute approximate surface area is 122 Å². The molecule has 5 heteroatoms. The number of aliphatic hydroxyl groups is 1. The molecule has 0 saturated carbocycles. The third kappa shape index (κ3) is 4.22. The van der Waals surface area contributed by atoms with Crippen LogP contribution in [0.1, 0.15) is 28.8 Å². The number of carbonyl (C=O) groups is 2. The highest BCUT2D eigenvalue weighted by atomic mass is 16.3. The van der Waals surface area contributed by atoms with E-state index in [0.29, 0.717) is 16.8 Å². The van der Waals surface area contributed by atoms with Gasteiger partial charge < -0.3 is 10.4 Å². The summed E-state index contributed by atoms with van der Waals surface area (Å²) in [7, 11) is 0. The molecule has 5 nitrogen and oxygen atoms in total. The van der Waals surface area contributed by atoms with Crippen molar-refractivity contribution in [2.45, 2.75) is 19.4 Å². The van der Waals surface area contributed by atoms with Gasteiger partial charge in [0, 0.05) is 30.2 Å². The summed E-state index contributed by atoms with van der Waals surface area (Å²) in [6.07, 6.45) is 3.25. The van der Waals surface area contributed by atoms with Crippen LogP contribution in [-0.2, 0) is 11.4 Å². The van der Waals surface area contributed by atoms with E-state index in [2.05, 4.69) is 10.3 Å². The van der Waals surface area contributed by atoms with E-state index in [-0.39, 0.29) is 31.1 Å². The van der Waals surface area contributed by atoms with E-state index >= 15 is 0 Å². The van der Waals surface area contributed by atoms with E-state index < -0.39 is 0 Å². The van der Waals surface area contributed by atoms with E-state index in [1.165, 1.54) is 6.20 Å². The maximum absolute atomic E-state index is 11.9. The highest BCUT2D eigenvalue weighted by molar-refractivity contribution is 6.00. The first-order valence-corrected chi connectivity index (χ1v) is 6.62. The molecule has 21 heavy (non-hydrogen) atoms. The summed E-state index contributed by atoms with van der Waals surface area (Å²) in [4.78, 5) is 27.6. The summed E-state index contributed by atoms with van der Waals surface area (Å²) >= 11 is 0. The predicted molar refractivity (Wildman–Crippen MR) is 78.8 cm³/mol. The Morgan fingerprint density at radius 2 is 1.86 bits per heavy atom. The molecule has 0 radical (unpaired) electrons. The van der Waals surface area contributed by atoms with Crippen LogP contribution in [0.4, 0.5) is 5.69 Å². The topological polar surface area (TPSA) is 79.3 Å². The van der Waals surface area contributed by atoms with Crippen molar-refractivity contribution in [2.75, 3.05) is 5.32 Å². The van der Waals surface area contributed by atoms with Crippen LogP contribution in [0, 0.1) is 0 Å². The third-order valence-corrected chi connectivity index (χ3v) is 3.03. The van der Waals surface area contributed by atoms with Crippen molar-refractivity contribution in [3.8, 4) is 0 Å². The maximum atomic E-state index is 11.9. The predicted octanol–water partition coefficient (Wildman–Crippen LogP) is 2.18. The smallest absolute Gasteiger partial charge is 0.224 e. The first-order valence-electron chi connectivity index (χ1n) is 6.62.